The van der Waals surface area contributed by atoms with E-state index in [4.69, 9.17) is 4.74 Å². The van der Waals surface area contributed by atoms with Gasteiger partial charge in [-0.25, -0.2) is 0 Å². The van der Waals surface area contributed by atoms with Gasteiger partial charge >= 0.3 is 0 Å². The van der Waals surface area contributed by atoms with Crippen molar-refractivity contribution in [2.75, 3.05) is 18.0 Å². The molecule has 0 N–H and O–H groups in total. The van der Waals surface area contributed by atoms with E-state index in [-0.39, 0.29) is 17.2 Å². The van der Waals surface area contributed by atoms with Gasteiger partial charge in [-0.1, -0.05) is 30.3 Å². The van der Waals surface area contributed by atoms with E-state index in [9.17, 15) is 10.1 Å². The molecule has 31 heavy (non-hydrogen) atoms. The molecule has 160 valence electrons. The molecule has 1 fully saturated rings. The predicted octanol–water partition coefficient (Wildman–Crippen LogP) is 4.97. The van der Waals surface area contributed by atoms with E-state index in [1.807, 2.05) is 38.1 Å². The molecule has 1 saturated heterocycles. The molecule has 0 saturated carbocycles. The Bertz CT molecular complexity index is 1170. The SMILES string of the molecule is CC(C)Oc1ccc(C2CCCN(c3c(C#N)c(=O)n(C)c4ccccc34)CC2)cc1. The van der Waals surface area contributed by atoms with Gasteiger partial charge in [-0.05, 0) is 62.8 Å². The number of benzene rings is 2. The van der Waals surface area contributed by atoms with Gasteiger partial charge in [-0.2, -0.15) is 5.26 Å². The van der Waals surface area contributed by atoms with Crippen LogP contribution in [0.1, 0.15) is 50.2 Å². The minimum Gasteiger partial charge on any atom is -0.491 e. The first-order valence-corrected chi connectivity index (χ1v) is 11.0. The molecule has 5 nitrogen and oxygen atoms in total. The summed E-state index contributed by atoms with van der Waals surface area (Å²) in [6.45, 7) is 5.73. The Labute approximate surface area is 183 Å². The highest BCUT2D eigenvalue weighted by Gasteiger charge is 2.24. The summed E-state index contributed by atoms with van der Waals surface area (Å²) in [5.74, 6) is 1.36. The lowest BCUT2D eigenvalue weighted by molar-refractivity contribution is 0.242. The van der Waals surface area contributed by atoms with Crippen molar-refractivity contribution in [2.24, 2.45) is 7.05 Å². The first kappa shape index (κ1) is 21.0. The number of ether oxygens (including phenoxy) is 1. The maximum atomic E-state index is 12.9. The van der Waals surface area contributed by atoms with Crippen LogP contribution >= 0.6 is 0 Å². The highest BCUT2D eigenvalue weighted by molar-refractivity contribution is 5.94. The van der Waals surface area contributed by atoms with E-state index in [2.05, 4.69) is 35.2 Å². The van der Waals surface area contributed by atoms with Gasteiger partial charge in [0, 0.05) is 25.5 Å². The van der Waals surface area contributed by atoms with Crippen LogP contribution in [-0.2, 0) is 7.05 Å². The van der Waals surface area contributed by atoms with Crippen LogP contribution in [0.15, 0.2) is 53.3 Å². The third-order valence-electron chi connectivity index (χ3n) is 6.16. The molecule has 0 amide bonds. The topological polar surface area (TPSA) is 58.3 Å². The predicted molar refractivity (Wildman–Crippen MR) is 125 cm³/mol. The summed E-state index contributed by atoms with van der Waals surface area (Å²) < 4.78 is 7.36. The second-order valence-corrected chi connectivity index (χ2v) is 8.57. The standard InChI is InChI=1S/C26H29N3O2/c1-18(2)31-21-12-10-20(11-13-21)19-7-6-15-29(16-14-19)25-22-8-4-5-9-24(22)28(3)26(30)23(25)17-27/h4-5,8-13,18-19H,6-7,14-16H2,1-3H3. The Hall–Kier alpha value is -3.26. The molecule has 5 heteroatoms. The fourth-order valence-electron chi connectivity index (χ4n) is 4.65. The first-order valence-electron chi connectivity index (χ1n) is 11.0. The molecule has 1 aromatic heterocycles. The van der Waals surface area contributed by atoms with Crippen molar-refractivity contribution in [3.8, 4) is 11.8 Å². The van der Waals surface area contributed by atoms with E-state index in [0.29, 0.717) is 5.92 Å². The molecule has 4 rings (SSSR count). The van der Waals surface area contributed by atoms with Crippen LogP contribution in [0.4, 0.5) is 5.69 Å². The quantitative estimate of drug-likeness (QED) is 0.604. The molecule has 0 spiro atoms. The summed E-state index contributed by atoms with van der Waals surface area (Å²) in [4.78, 5) is 15.1. The van der Waals surface area contributed by atoms with Crippen LogP contribution in [0, 0.1) is 11.3 Å². The number of para-hydroxylation sites is 1. The summed E-state index contributed by atoms with van der Waals surface area (Å²) in [6, 6.07) is 18.5. The minimum atomic E-state index is -0.224. The lowest BCUT2D eigenvalue weighted by Crippen LogP contribution is -2.30. The molecule has 1 atom stereocenters. The smallest absolute Gasteiger partial charge is 0.270 e. The number of hydrogen-bond acceptors (Lipinski definition) is 4. The van der Waals surface area contributed by atoms with E-state index in [1.165, 1.54) is 5.56 Å². The van der Waals surface area contributed by atoms with Crippen molar-refractivity contribution >= 4 is 16.6 Å². The summed E-state index contributed by atoms with van der Waals surface area (Å²) in [5, 5.41) is 10.8. The van der Waals surface area contributed by atoms with Crippen molar-refractivity contribution in [1.29, 1.82) is 5.26 Å². The number of aryl methyl sites for hydroxylation is 1. The molecule has 0 bridgehead atoms. The van der Waals surface area contributed by atoms with Gasteiger partial charge in [0.1, 0.15) is 17.4 Å². The summed E-state index contributed by atoms with van der Waals surface area (Å²) in [6.07, 6.45) is 3.26. The molecule has 1 unspecified atom stereocenters. The maximum absolute atomic E-state index is 12.9. The van der Waals surface area contributed by atoms with Crippen LogP contribution in [-0.4, -0.2) is 23.8 Å². The van der Waals surface area contributed by atoms with Gasteiger partial charge < -0.3 is 14.2 Å². The Morgan fingerprint density at radius 3 is 2.52 bits per heavy atom. The van der Waals surface area contributed by atoms with Crippen LogP contribution in [0.5, 0.6) is 5.75 Å². The summed E-state index contributed by atoms with van der Waals surface area (Å²) in [7, 11) is 1.74. The minimum absolute atomic E-state index is 0.167. The number of nitrogens with zero attached hydrogens (tertiary/aromatic N) is 3. The number of aromatic nitrogens is 1. The second-order valence-electron chi connectivity index (χ2n) is 8.57. The highest BCUT2D eigenvalue weighted by Crippen LogP contribution is 2.34. The maximum Gasteiger partial charge on any atom is 0.270 e. The summed E-state index contributed by atoms with van der Waals surface area (Å²) >= 11 is 0. The number of rotatable bonds is 4. The molecule has 1 aliphatic heterocycles. The number of nitriles is 1. The number of pyridine rings is 1. The molecule has 3 aromatic rings. The molecular weight excluding hydrogens is 386 g/mol. The largest absolute Gasteiger partial charge is 0.491 e. The Morgan fingerprint density at radius 1 is 1.06 bits per heavy atom. The molecule has 2 aromatic carbocycles. The Balaban J connectivity index is 1.63. The molecule has 2 heterocycles. The van der Waals surface area contributed by atoms with E-state index in [1.54, 1.807) is 11.6 Å². The monoisotopic (exact) mass is 415 g/mol. The van der Waals surface area contributed by atoms with Gasteiger partial charge in [0.25, 0.3) is 5.56 Å². The molecular formula is C26H29N3O2. The highest BCUT2D eigenvalue weighted by atomic mass is 16.5. The number of hydrogen-bond donors (Lipinski definition) is 0. The number of fused-ring (bicyclic) bond motifs is 1. The molecule has 1 aliphatic rings. The van der Waals surface area contributed by atoms with Crippen LogP contribution in [0.3, 0.4) is 0 Å². The van der Waals surface area contributed by atoms with Crippen molar-refractivity contribution in [2.45, 2.75) is 45.1 Å². The zero-order valence-electron chi connectivity index (χ0n) is 18.5. The van der Waals surface area contributed by atoms with Crippen molar-refractivity contribution in [3.63, 3.8) is 0 Å². The van der Waals surface area contributed by atoms with Crippen LogP contribution < -0.4 is 15.2 Å². The van der Waals surface area contributed by atoms with Gasteiger partial charge in [-0.15, -0.1) is 0 Å². The second kappa shape index (κ2) is 8.85. The summed E-state index contributed by atoms with van der Waals surface area (Å²) in [5.41, 5.74) is 3.01. The van der Waals surface area contributed by atoms with E-state index < -0.39 is 0 Å². The third-order valence-corrected chi connectivity index (χ3v) is 6.16. The zero-order chi connectivity index (χ0) is 22.0. The van der Waals surface area contributed by atoms with E-state index >= 15 is 0 Å². The average molecular weight is 416 g/mol. The third kappa shape index (κ3) is 4.16. The van der Waals surface area contributed by atoms with Crippen LogP contribution in [0.2, 0.25) is 0 Å². The molecule has 0 aliphatic carbocycles. The van der Waals surface area contributed by atoms with Gasteiger partial charge in [0.05, 0.1) is 17.3 Å². The molecule has 0 radical (unpaired) electrons. The van der Waals surface area contributed by atoms with Crippen LogP contribution in [0.25, 0.3) is 10.9 Å². The van der Waals surface area contributed by atoms with Gasteiger partial charge in [0.15, 0.2) is 0 Å². The lowest BCUT2D eigenvalue weighted by atomic mass is 9.92. The Kier molecular flexibility index (Phi) is 5.99. The number of anilines is 1. The van der Waals surface area contributed by atoms with Crippen molar-refractivity contribution in [1.82, 2.24) is 4.57 Å². The average Bonchev–Trinajstić information content (AvgIpc) is 3.02. The lowest BCUT2D eigenvalue weighted by Gasteiger charge is -2.26. The van der Waals surface area contributed by atoms with E-state index in [0.717, 1.165) is 54.7 Å². The van der Waals surface area contributed by atoms with Gasteiger partial charge in [-0.3, -0.25) is 4.79 Å². The van der Waals surface area contributed by atoms with Gasteiger partial charge in [0.2, 0.25) is 0 Å². The Morgan fingerprint density at radius 2 is 1.81 bits per heavy atom. The van der Waals surface area contributed by atoms with Crippen molar-refractivity contribution in [3.05, 3.63) is 70.0 Å². The van der Waals surface area contributed by atoms with Crippen molar-refractivity contribution < 1.29 is 4.74 Å². The fraction of sp³-hybridized carbons (Fsp3) is 0.385. The zero-order valence-corrected chi connectivity index (χ0v) is 18.5. The first-order chi connectivity index (χ1) is 15.0. The normalized spacial score (nSPS) is 16.9. The fourth-order valence-corrected chi connectivity index (χ4v) is 4.65.